The molecule has 2 bridgehead atoms. The maximum Gasteiger partial charge on any atom is 0.323 e. The summed E-state index contributed by atoms with van der Waals surface area (Å²) in [5, 5.41) is 10.00. The maximum atomic E-state index is 12.9. The highest BCUT2D eigenvalue weighted by atomic mass is 35.5. The van der Waals surface area contributed by atoms with Gasteiger partial charge in [0.1, 0.15) is 0 Å². The Morgan fingerprint density at radius 3 is 2.29 bits per heavy atom. The predicted octanol–water partition coefficient (Wildman–Crippen LogP) is 4.86. The second-order valence-electron chi connectivity index (χ2n) is 9.10. The van der Waals surface area contributed by atoms with Crippen molar-refractivity contribution in [3.63, 3.8) is 0 Å². The summed E-state index contributed by atoms with van der Waals surface area (Å²) in [5.74, 6) is 0.602. The molecule has 3 N–H and O–H groups in total. The average Bonchev–Trinajstić information content (AvgIpc) is 3.24. The number of amides is 3. The molecule has 1 aromatic heterocycles. The Labute approximate surface area is 209 Å². The van der Waals surface area contributed by atoms with E-state index in [0.29, 0.717) is 16.5 Å². The number of piperidine rings is 3. The summed E-state index contributed by atoms with van der Waals surface area (Å²) in [5.41, 5.74) is 2.48. The summed E-state index contributed by atoms with van der Waals surface area (Å²) in [6.45, 7) is 3.28. The summed E-state index contributed by atoms with van der Waals surface area (Å²) in [6, 6.07) is 15.3. The monoisotopic (exact) mass is 499 g/mol. The number of nitrogens with one attached hydrogen (secondary N) is 3. The van der Waals surface area contributed by atoms with Crippen LogP contribution < -0.4 is 20.9 Å². The zero-order chi connectivity index (χ0) is 22.9. The van der Waals surface area contributed by atoms with E-state index in [-0.39, 0.29) is 30.4 Å². The Kier molecular flexibility index (Phi) is 7.30. The van der Waals surface area contributed by atoms with Gasteiger partial charge < -0.3 is 25.8 Å². The normalized spacial score (nSPS) is 20.9. The zero-order valence-corrected chi connectivity index (χ0v) is 21.0. The molecule has 0 aliphatic carbocycles. The number of thiophene rings is 1. The maximum absolute atomic E-state index is 12.9. The van der Waals surface area contributed by atoms with Crippen LogP contribution in [-0.4, -0.2) is 56.6 Å². The number of halogens is 1. The molecule has 3 saturated heterocycles. The highest BCUT2D eigenvalue weighted by Crippen LogP contribution is 2.31. The minimum atomic E-state index is -0.302. The molecule has 34 heavy (non-hydrogen) atoms. The first-order chi connectivity index (χ1) is 15.9. The van der Waals surface area contributed by atoms with Crippen molar-refractivity contribution in [3.05, 3.63) is 53.4 Å². The highest BCUT2D eigenvalue weighted by Gasteiger charge is 2.35. The lowest BCUT2D eigenvalue weighted by Gasteiger charge is -2.44. The number of nitrogens with zero attached hydrogens (tertiary/aromatic N) is 2. The lowest BCUT2D eigenvalue weighted by atomic mass is 9.84. The first kappa shape index (κ1) is 24.3. The third-order valence-electron chi connectivity index (χ3n) is 6.62. The van der Waals surface area contributed by atoms with Crippen LogP contribution in [0.25, 0.3) is 10.1 Å². The Bertz CT molecular complexity index is 1170. The fourth-order valence-corrected chi connectivity index (χ4v) is 5.73. The summed E-state index contributed by atoms with van der Waals surface area (Å²) in [4.78, 5) is 30.5. The standard InChI is InChI=1S/C25H29N5O2S.ClH/c1-29(2)20-7-5-18(6-8-20)26-25(32)27-19-4-3-17-13-23(33-22(17)14-19)24(31)28-21-15-30-11-9-16(21)10-12-30;/h3-8,13-14,16,21H,9-12,15H2,1-2H3,(H,28,31)(H2,26,27,32);1H/t21-;/m0./s1. The van der Waals surface area contributed by atoms with Gasteiger partial charge in [0.05, 0.1) is 4.88 Å². The van der Waals surface area contributed by atoms with Gasteiger partial charge in [0, 0.05) is 48.4 Å². The van der Waals surface area contributed by atoms with E-state index in [1.165, 1.54) is 24.2 Å². The van der Waals surface area contributed by atoms with E-state index in [2.05, 4.69) is 20.9 Å². The minimum Gasteiger partial charge on any atom is -0.378 e. The largest absolute Gasteiger partial charge is 0.378 e. The number of urea groups is 1. The van der Waals surface area contributed by atoms with E-state index < -0.39 is 0 Å². The van der Waals surface area contributed by atoms with Crippen LogP contribution in [0.2, 0.25) is 0 Å². The molecule has 0 unspecified atom stereocenters. The number of carbonyl (C=O) groups is 2. The number of anilines is 3. The van der Waals surface area contributed by atoms with Gasteiger partial charge in [0.25, 0.3) is 5.91 Å². The smallest absolute Gasteiger partial charge is 0.323 e. The van der Waals surface area contributed by atoms with Crippen LogP contribution in [0, 0.1) is 5.92 Å². The molecule has 0 saturated carbocycles. The summed E-state index contributed by atoms with van der Waals surface area (Å²) >= 11 is 1.46. The van der Waals surface area contributed by atoms with Crippen LogP contribution in [0.4, 0.5) is 21.9 Å². The third-order valence-corrected chi connectivity index (χ3v) is 7.71. The molecule has 4 heterocycles. The molecule has 6 rings (SSSR count). The fraction of sp³-hybridized carbons (Fsp3) is 0.360. The van der Waals surface area contributed by atoms with E-state index in [1.54, 1.807) is 0 Å². The molecule has 3 amide bonds. The van der Waals surface area contributed by atoms with E-state index in [9.17, 15) is 9.59 Å². The van der Waals surface area contributed by atoms with Gasteiger partial charge in [-0.05, 0) is 79.7 Å². The van der Waals surface area contributed by atoms with Crippen molar-refractivity contribution in [1.82, 2.24) is 10.2 Å². The Hall–Kier alpha value is -2.81. The van der Waals surface area contributed by atoms with Gasteiger partial charge in [-0.2, -0.15) is 0 Å². The molecule has 180 valence electrons. The molecule has 3 aliphatic rings. The van der Waals surface area contributed by atoms with Crippen LogP contribution in [0.1, 0.15) is 22.5 Å². The molecular formula is C25H30ClN5O2S. The topological polar surface area (TPSA) is 76.7 Å². The van der Waals surface area contributed by atoms with E-state index >= 15 is 0 Å². The van der Waals surface area contributed by atoms with Crippen molar-refractivity contribution in [1.29, 1.82) is 0 Å². The number of hydrogen-bond donors (Lipinski definition) is 3. The van der Waals surface area contributed by atoms with Crippen molar-refractivity contribution in [2.24, 2.45) is 5.92 Å². The van der Waals surface area contributed by atoms with Gasteiger partial charge in [0.15, 0.2) is 0 Å². The number of hydrogen-bond acceptors (Lipinski definition) is 5. The van der Waals surface area contributed by atoms with Crippen LogP contribution in [0.5, 0.6) is 0 Å². The van der Waals surface area contributed by atoms with Gasteiger partial charge in [-0.3, -0.25) is 4.79 Å². The van der Waals surface area contributed by atoms with E-state index in [1.807, 2.05) is 67.5 Å². The van der Waals surface area contributed by atoms with Crippen molar-refractivity contribution in [2.45, 2.75) is 18.9 Å². The van der Waals surface area contributed by atoms with Crippen LogP contribution >= 0.6 is 23.7 Å². The quantitative estimate of drug-likeness (QED) is 0.468. The molecule has 3 fully saturated rings. The van der Waals surface area contributed by atoms with E-state index in [0.717, 1.165) is 41.1 Å². The molecule has 2 aromatic carbocycles. The van der Waals surface area contributed by atoms with Crippen molar-refractivity contribution in [3.8, 4) is 0 Å². The number of rotatable bonds is 5. The Morgan fingerprint density at radius 2 is 1.65 bits per heavy atom. The first-order valence-corrected chi connectivity index (χ1v) is 12.2. The van der Waals surface area contributed by atoms with Crippen LogP contribution in [0.15, 0.2) is 48.5 Å². The van der Waals surface area contributed by atoms with Gasteiger partial charge in [-0.25, -0.2) is 4.79 Å². The molecule has 7 nitrogen and oxygen atoms in total. The Balaban J connectivity index is 0.00000274. The zero-order valence-electron chi connectivity index (χ0n) is 19.3. The molecule has 0 radical (unpaired) electrons. The lowest BCUT2D eigenvalue weighted by Crippen LogP contribution is -2.57. The summed E-state index contributed by atoms with van der Waals surface area (Å²) < 4.78 is 0.974. The van der Waals surface area contributed by atoms with Crippen LogP contribution in [0.3, 0.4) is 0 Å². The van der Waals surface area contributed by atoms with Gasteiger partial charge in [-0.15, -0.1) is 23.7 Å². The lowest BCUT2D eigenvalue weighted by molar-refractivity contribution is 0.0622. The molecule has 3 aliphatic heterocycles. The van der Waals surface area contributed by atoms with Gasteiger partial charge in [0.2, 0.25) is 0 Å². The molecule has 9 heteroatoms. The summed E-state index contributed by atoms with van der Waals surface area (Å²) in [7, 11) is 3.95. The number of fused-ring (bicyclic) bond motifs is 4. The number of carbonyl (C=O) groups excluding carboxylic acids is 2. The first-order valence-electron chi connectivity index (χ1n) is 11.4. The Morgan fingerprint density at radius 1 is 0.971 bits per heavy atom. The second-order valence-corrected chi connectivity index (χ2v) is 10.2. The molecular weight excluding hydrogens is 470 g/mol. The fourth-order valence-electron chi connectivity index (χ4n) is 4.73. The van der Waals surface area contributed by atoms with E-state index in [4.69, 9.17) is 0 Å². The van der Waals surface area contributed by atoms with Gasteiger partial charge >= 0.3 is 6.03 Å². The second kappa shape index (κ2) is 10.2. The highest BCUT2D eigenvalue weighted by molar-refractivity contribution is 7.20. The third kappa shape index (κ3) is 5.29. The van der Waals surface area contributed by atoms with Crippen molar-refractivity contribution >= 4 is 62.8 Å². The average molecular weight is 500 g/mol. The number of benzene rings is 2. The summed E-state index contributed by atoms with van der Waals surface area (Å²) in [6.07, 6.45) is 2.35. The predicted molar refractivity (Wildman–Crippen MR) is 143 cm³/mol. The van der Waals surface area contributed by atoms with Crippen molar-refractivity contribution in [2.75, 3.05) is 49.3 Å². The molecule has 1 atom stereocenters. The van der Waals surface area contributed by atoms with Crippen LogP contribution in [-0.2, 0) is 0 Å². The minimum absolute atomic E-state index is 0. The van der Waals surface area contributed by atoms with Crippen molar-refractivity contribution < 1.29 is 9.59 Å². The SMILES string of the molecule is CN(C)c1ccc(NC(=O)Nc2ccc3cc(C(=O)N[C@H]4CN5CCC4CC5)sc3c2)cc1.Cl. The van der Waals surface area contributed by atoms with Gasteiger partial charge in [-0.1, -0.05) is 6.07 Å². The molecule has 0 spiro atoms. The molecule has 3 aromatic rings.